The lowest BCUT2D eigenvalue weighted by Crippen LogP contribution is -2.42. The van der Waals surface area contributed by atoms with Crippen molar-refractivity contribution < 1.29 is 14.3 Å². The molecular weight excluding hydrogens is 258 g/mol. The van der Waals surface area contributed by atoms with Crippen molar-refractivity contribution in [2.45, 2.75) is 39.2 Å². The van der Waals surface area contributed by atoms with Crippen LogP contribution in [0.2, 0.25) is 0 Å². The quantitative estimate of drug-likeness (QED) is 0.611. The molecule has 6 nitrogen and oxygen atoms in total. The molecule has 1 amide bonds. The monoisotopic (exact) mass is 283 g/mol. The van der Waals surface area contributed by atoms with Crippen LogP contribution in [0.15, 0.2) is 12.0 Å². The van der Waals surface area contributed by atoms with Crippen molar-refractivity contribution in [3.8, 4) is 0 Å². The third kappa shape index (κ3) is 5.50. The summed E-state index contributed by atoms with van der Waals surface area (Å²) in [5.74, 6) is 0.753. The van der Waals surface area contributed by atoms with Crippen LogP contribution in [0.1, 0.15) is 33.6 Å². The van der Waals surface area contributed by atoms with Gasteiger partial charge in [0.2, 0.25) is 0 Å². The Kier molecular flexibility index (Phi) is 5.85. The minimum atomic E-state index is -0.457. The highest BCUT2D eigenvalue weighted by molar-refractivity contribution is 5.72. The lowest BCUT2D eigenvalue weighted by Gasteiger charge is -2.33. The molecule has 0 aromatic rings. The van der Waals surface area contributed by atoms with E-state index in [-0.39, 0.29) is 6.09 Å². The molecule has 20 heavy (non-hydrogen) atoms. The van der Waals surface area contributed by atoms with Crippen molar-refractivity contribution in [1.29, 1.82) is 5.41 Å². The molecule has 1 heterocycles. The number of nitrogens with two attached hydrogens (primary N) is 1. The molecule has 0 atom stereocenters. The summed E-state index contributed by atoms with van der Waals surface area (Å²) in [5.41, 5.74) is 4.86. The van der Waals surface area contributed by atoms with E-state index in [4.69, 9.17) is 20.6 Å². The molecule has 0 aromatic heterocycles. The molecular formula is C14H25N3O3. The largest absolute Gasteiger partial charge is 0.490 e. The van der Waals surface area contributed by atoms with E-state index in [0.717, 1.165) is 19.1 Å². The molecule has 0 bridgehead atoms. The van der Waals surface area contributed by atoms with E-state index in [1.165, 1.54) is 6.20 Å². The average molecular weight is 283 g/mol. The smallest absolute Gasteiger partial charge is 0.410 e. The molecule has 1 aliphatic rings. The van der Waals surface area contributed by atoms with E-state index in [9.17, 15) is 4.79 Å². The standard InChI is InChI=1S/C14H25N3O3/c1-14(2,3)20-13(18)17-6-4-11(5-7-17)10-19-12(8-15)9-16/h8-9,11,15H,4-7,10,16H2,1-3H3/b12-9+,15-8?. The number of nitrogens with zero attached hydrogens (tertiary/aromatic N) is 1. The highest BCUT2D eigenvalue weighted by Crippen LogP contribution is 2.20. The van der Waals surface area contributed by atoms with E-state index < -0.39 is 5.60 Å². The fraction of sp³-hybridized carbons (Fsp3) is 0.714. The molecule has 0 radical (unpaired) electrons. The molecule has 0 aromatic carbocycles. The molecule has 1 rings (SSSR count). The molecule has 0 unspecified atom stereocenters. The Hall–Kier alpha value is -1.72. The predicted molar refractivity (Wildman–Crippen MR) is 77.5 cm³/mol. The minimum absolute atomic E-state index is 0.251. The molecule has 1 fully saturated rings. The average Bonchev–Trinajstić information content (AvgIpc) is 2.38. The minimum Gasteiger partial charge on any atom is -0.490 e. The Bertz CT molecular complexity index is 366. The summed E-state index contributed by atoms with van der Waals surface area (Å²) in [5, 5.41) is 7.08. The van der Waals surface area contributed by atoms with Crippen molar-refractivity contribution >= 4 is 12.3 Å². The van der Waals surface area contributed by atoms with Gasteiger partial charge in [0.15, 0.2) is 5.76 Å². The Morgan fingerprint density at radius 1 is 1.40 bits per heavy atom. The van der Waals surface area contributed by atoms with Gasteiger partial charge in [0, 0.05) is 19.3 Å². The second-order valence-electron chi connectivity index (χ2n) is 5.94. The van der Waals surface area contributed by atoms with Gasteiger partial charge in [-0.25, -0.2) is 4.79 Å². The van der Waals surface area contributed by atoms with Gasteiger partial charge < -0.3 is 25.5 Å². The first kappa shape index (κ1) is 16.3. The number of piperidine rings is 1. The third-order valence-corrected chi connectivity index (χ3v) is 3.06. The lowest BCUT2D eigenvalue weighted by molar-refractivity contribution is 0.0152. The van der Waals surface area contributed by atoms with Gasteiger partial charge in [0.05, 0.1) is 12.8 Å². The Morgan fingerprint density at radius 3 is 2.45 bits per heavy atom. The van der Waals surface area contributed by atoms with Crippen LogP contribution in [0, 0.1) is 11.3 Å². The number of hydrogen-bond acceptors (Lipinski definition) is 5. The second-order valence-corrected chi connectivity index (χ2v) is 5.94. The molecule has 0 saturated carbocycles. The molecule has 114 valence electrons. The Balaban J connectivity index is 2.33. The van der Waals surface area contributed by atoms with Gasteiger partial charge in [-0.2, -0.15) is 0 Å². The van der Waals surface area contributed by atoms with Crippen molar-refractivity contribution in [2.75, 3.05) is 19.7 Å². The lowest BCUT2D eigenvalue weighted by atomic mass is 9.98. The number of nitrogens with one attached hydrogen (secondary N) is 1. The van der Waals surface area contributed by atoms with Crippen molar-refractivity contribution in [3.05, 3.63) is 12.0 Å². The van der Waals surface area contributed by atoms with Gasteiger partial charge in [-0.15, -0.1) is 0 Å². The number of allylic oxidation sites excluding steroid dienone is 1. The summed E-state index contributed by atoms with van der Waals surface area (Å²) in [6.07, 6.45) is 3.86. The number of rotatable bonds is 4. The summed E-state index contributed by atoms with van der Waals surface area (Å²) in [6, 6.07) is 0. The van der Waals surface area contributed by atoms with Crippen LogP contribution in [-0.2, 0) is 9.47 Å². The zero-order valence-electron chi connectivity index (χ0n) is 12.5. The zero-order chi connectivity index (χ0) is 15.2. The van der Waals surface area contributed by atoms with Crippen LogP contribution >= 0.6 is 0 Å². The second kappa shape index (κ2) is 7.17. The van der Waals surface area contributed by atoms with Crippen molar-refractivity contribution in [1.82, 2.24) is 4.90 Å². The number of carbonyl (C=O) groups is 1. The number of likely N-dealkylation sites (tertiary alicyclic amines) is 1. The van der Waals surface area contributed by atoms with Crippen LogP contribution < -0.4 is 5.73 Å². The van der Waals surface area contributed by atoms with Gasteiger partial charge in [0.25, 0.3) is 0 Å². The Morgan fingerprint density at radius 2 is 2.00 bits per heavy atom. The molecule has 1 saturated heterocycles. The SMILES string of the molecule is CC(C)(C)OC(=O)N1CCC(CO/C(C=N)=C/N)CC1. The first-order valence-electron chi connectivity index (χ1n) is 6.89. The van der Waals surface area contributed by atoms with Crippen LogP contribution in [-0.4, -0.2) is 42.5 Å². The van der Waals surface area contributed by atoms with Crippen LogP contribution in [0.3, 0.4) is 0 Å². The summed E-state index contributed by atoms with van der Waals surface area (Å²) < 4.78 is 10.8. The van der Waals surface area contributed by atoms with Crippen LogP contribution in [0.25, 0.3) is 0 Å². The highest BCUT2D eigenvalue weighted by atomic mass is 16.6. The van der Waals surface area contributed by atoms with Gasteiger partial charge in [-0.1, -0.05) is 0 Å². The van der Waals surface area contributed by atoms with E-state index in [0.29, 0.717) is 31.4 Å². The van der Waals surface area contributed by atoms with Crippen molar-refractivity contribution in [3.63, 3.8) is 0 Å². The first-order valence-corrected chi connectivity index (χ1v) is 6.89. The predicted octanol–water partition coefficient (Wildman–Crippen LogP) is 2.10. The molecule has 1 aliphatic heterocycles. The molecule has 6 heteroatoms. The van der Waals surface area contributed by atoms with E-state index in [1.54, 1.807) is 4.90 Å². The van der Waals surface area contributed by atoms with Gasteiger partial charge in [-0.3, -0.25) is 0 Å². The number of hydrogen-bond donors (Lipinski definition) is 2. The molecule has 3 N–H and O–H groups in total. The van der Waals surface area contributed by atoms with E-state index >= 15 is 0 Å². The summed E-state index contributed by atoms with van der Waals surface area (Å²) >= 11 is 0. The summed E-state index contributed by atoms with van der Waals surface area (Å²) in [7, 11) is 0. The van der Waals surface area contributed by atoms with Crippen LogP contribution in [0.5, 0.6) is 0 Å². The maximum atomic E-state index is 11.9. The normalized spacial score (nSPS) is 17.8. The van der Waals surface area contributed by atoms with Crippen LogP contribution in [0.4, 0.5) is 4.79 Å². The zero-order valence-corrected chi connectivity index (χ0v) is 12.5. The summed E-state index contributed by atoms with van der Waals surface area (Å²) in [6.45, 7) is 7.47. The molecule has 0 spiro atoms. The van der Waals surface area contributed by atoms with E-state index in [1.807, 2.05) is 20.8 Å². The number of ether oxygens (including phenoxy) is 2. The maximum Gasteiger partial charge on any atom is 0.410 e. The van der Waals surface area contributed by atoms with E-state index in [2.05, 4.69) is 0 Å². The third-order valence-electron chi connectivity index (χ3n) is 3.06. The van der Waals surface area contributed by atoms with Gasteiger partial charge in [-0.05, 0) is 39.5 Å². The highest BCUT2D eigenvalue weighted by Gasteiger charge is 2.27. The molecule has 0 aliphatic carbocycles. The number of carbonyl (C=O) groups excluding carboxylic acids is 1. The Labute approximate surface area is 120 Å². The summed E-state index contributed by atoms with van der Waals surface area (Å²) in [4.78, 5) is 13.6. The fourth-order valence-corrected chi connectivity index (χ4v) is 1.96. The van der Waals surface area contributed by atoms with Gasteiger partial charge >= 0.3 is 6.09 Å². The topological polar surface area (TPSA) is 88.6 Å². The fourth-order valence-electron chi connectivity index (χ4n) is 1.96. The maximum absolute atomic E-state index is 11.9. The van der Waals surface area contributed by atoms with Gasteiger partial charge in [0.1, 0.15) is 5.60 Å². The first-order chi connectivity index (χ1) is 9.35. The number of amides is 1. The van der Waals surface area contributed by atoms with Crippen molar-refractivity contribution in [2.24, 2.45) is 11.7 Å².